The first kappa shape index (κ1) is 37.4. The zero-order valence-electron chi connectivity index (χ0n) is 26.0. The molecule has 4 heteroatoms. The maximum atomic E-state index is 12.2. The fourth-order valence-corrected chi connectivity index (χ4v) is 5.42. The summed E-state index contributed by atoms with van der Waals surface area (Å²) in [6.45, 7) is 4.31. The Labute approximate surface area is 238 Å². The number of hydrogen-bond acceptors (Lipinski definition) is 3. The normalized spacial score (nSPS) is 13.1. The Balaban J connectivity index is 3.46. The van der Waals surface area contributed by atoms with Crippen molar-refractivity contribution in [3.63, 3.8) is 0 Å². The predicted molar refractivity (Wildman–Crippen MR) is 166 cm³/mol. The molecule has 0 aliphatic heterocycles. The largest absolute Gasteiger partial charge is 0.394 e. The van der Waals surface area contributed by atoms with Crippen LogP contribution in [-0.4, -0.2) is 34.9 Å². The molecular formula is C34H69NO3. The Kier molecular flexibility index (Phi) is 30.4. The third-order valence-corrected chi connectivity index (χ3v) is 8.12. The lowest BCUT2D eigenvalue weighted by Gasteiger charge is -2.22. The van der Waals surface area contributed by atoms with E-state index in [4.69, 9.17) is 0 Å². The van der Waals surface area contributed by atoms with Crippen molar-refractivity contribution in [1.82, 2.24) is 5.32 Å². The molecule has 38 heavy (non-hydrogen) atoms. The Hall–Kier alpha value is -0.610. The Morgan fingerprint density at radius 2 is 0.842 bits per heavy atom. The summed E-state index contributed by atoms with van der Waals surface area (Å²) in [5, 5.41) is 22.9. The van der Waals surface area contributed by atoms with Gasteiger partial charge in [0, 0.05) is 6.42 Å². The van der Waals surface area contributed by atoms with E-state index in [1.54, 1.807) is 0 Å². The van der Waals surface area contributed by atoms with Crippen LogP contribution >= 0.6 is 0 Å². The van der Waals surface area contributed by atoms with E-state index >= 15 is 0 Å². The van der Waals surface area contributed by atoms with Gasteiger partial charge >= 0.3 is 0 Å². The molecule has 0 fully saturated rings. The number of aliphatic hydroxyl groups excluding tert-OH is 2. The van der Waals surface area contributed by atoms with Gasteiger partial charge in [0.15, 0.2) is 0 Å². The van der Waals surface area contributed by atoms with Gasteiger partial charge in [-0.3, -0.25) is 4.79 Å². The highest BCUT2D eigenvalue weighted by molar-refractivity contribution is 5.76. The van der Waals surface area contributed by atoms with Crippen LogP contribution in [0.15, 0.2) is 0 Å². The number of rotatable bonds is 31. The summed E-state index contributed by atoms with van der Waals surface area (Å²) in [6.07, 6.45) is 34.5. The van der Waals surface area contributed by atoms with E-state index < -0.39 is 12.1 Å². The van der Waals surface area contributed by atoms with Gasteiger partial charge < -0.3 is 15.5 Å². The molecule has 0 aliphatic rings. The topological polar surface area (TPSA) is 69.6 Å². The molecule has 0 aromatic heterocycles. The Morgan fingerprint density at radius 1 is 0.526 bits per heavy atom. The summed E-state index contributed by atoms with van der Waals surface area (Å²) in [6, 6.07) is -0.525. The number of carbonyl (C=O) groups excluding carboxylic acids is 1. The highest BCUT2D eigenvalue weighted by Gasteiger charge is 2.19. The molecule has 0 rings (SSSR count). The van der Waals surface area contributed by atoms with E-state index in [2.05, 4.69) is 19.2 Å². The number of nitrogens with one attached hydrogen (secondary N) is 1. The van der Waals surface area contributed by atoms with E-state index in [0.717, 1.165) is 25.7 Å². The molecule has 0 aromatic rings. The van der Waals surface area contributed by atoms with Gasteiger partial charge in [-0.2, -0.15) is 0 Å². The summed E-state index contributed by atoms with van der Waals surface area (Å²) in [4.78, 5) is 12.2. The van der Waals surface area contributed by atoms with Crippen LogP contribution in [0.5, 0.6) is 0 Å². The molecule has 0 saturated heterocycles. The fourth-order valence-electron chi connectivity index (χ4n) is 5.42. The average molecular weight is 540 g/mol. The van der Waals surface area contributed by atoms with Gasteiger partial charge in [-0.05, 0) is 12.8 Å². The van der Waals surface area contributed by atoms with Crippen LogP contribution in [-0.2, 0) is 4.79 Å². The molecule has 4 nitrogen and oxygen atoms in total. The first-order valence-corrected chi connectivity index (χ1v) is 17.2. The fraction of sp³-hybridized carbons (Fsp3) is 0.971. The maximum absolute atomic E-state index is 12.2. The highest BCUT2D eigenvalue weighted by atomic mass is 16.3. The molecule has 0 radical (unpaired) electrons. The minimum Gasteiger partial charge on any atom is -0.394 e. The quantitative estimate of drug-likeness (QED) is 0.0768. The molecule has 228 valence electrons. The van der Waals surface area contributed by atoms with Crippen molar-refractivity contribution >= 4 is 5.91 Å². The van der Waals surface area contributed by atoms with Crippen molar-refractivity contribution in [2.75, 3.05) is 6.61 Å². The van der Waals surface area contributed by atoms with Crippen LogP contribution in [0, 0.1) is 0 Å². The van der Waals surface area contributed by atoms with Crippen LogP contribution in [0.3, 0.4) is 0 Å². The van der Waals surface area contributed by atoms with E-state index in [-0.39, 0.29) is 12.5 Å². The molecular weight excluding hydrogens is 470 g/mol. The zero-order chi connectivity index (χ0) is 27.9. The Bertz CT molecular complexity index is 471. The molecule has 0 bridgehead atoms. The number of amides is 1. The van der Waals surface area contributed by atoms with Crippen LogP contribution in [0.2, 0.25) is 0 Å². The second-order valence-corrected chi connectivity index (χ2v) is 11.9. The average Bonchev–Trinajstić information content (AvgIpc) is 2.92. The predicted octanol–water partition coefficient (Wildman–Crippen LogP) is 9.79. The lowest BCUT2D eigenvalue weighted by atomic mass is 10.0. The summed E-state index contributed by atoms with van der Waals surface area (Å²) >= 11 is 0. The minimum absolute atomic E-state index is 0.0372. The third kappa shape index (κ3) is 27.0. The van der Waals surface area contributed by atoms with E-state index in [0.29, 0.717) is 12.8 Å². The summed E-state index contributed by atoms with van der Waals surface area (Å²) in [5.74, 6) is -0.0372. The molecule has 0 spiro atoms. The molecule has 0 aliphatic carbocycles. The smallest absolute Gasteiger partial charge is 0.220 e. The first-order valence-electron chi connectivity index (χ1n) is 17.2. The van der Waals surface area contributed by atoms with Gasteiger partial charge in [0.25, 0.3) is 0 Å². The molecule has 0 saturated carbocycles. The molecule has 3 N–H and O–H groups in total. The second-order valence-electron chi connectivity index (χ2n) is 11.9. The van der Waals surface area contributed by atoms with Gasteiger partial charge in [0.05, 0.1) is 18.8 Å². The van der Waals surface area contributed by atoms with Gasteiger partial charge in [-0.25, -0.2) is 0 Å². The van der Waals surface area contributed by atoms with Crippen LogP contribution < -0.4 is 5.32 Å². The van der Waals surface area contributed by atoms with Crippen LogP contribution in [0.4, 0.5) is 0 Å². The summed E-state index contributed by atoms with van der Waals surface area (Å²) in [7, 11) is 0. The number of hydrogen-bond donors (Lipinski definition) is 3. The van der Waals surface area contributed by atoms with Crippen LogP contribution in [0.25, 0.3) is 0 Å². The number of unbranched alkanes of at least 4 members (excludes halogenated alkanes) is 24. The van der Waals surface area contributed by atoms with E-state index in [1.165, 1.54) is 141 Å². The standard InChI is InChI=1S/C34H69NO3/c1-3-5-7-9-11-12-13-14-15-16-17-18-19-20-21-22-24-25-27-29-33(37)32(31-36)35-34(38)30-28-26-23-10-8-6-4-2/h32-33,36-37H,3-31H2,1-2H3,(H,35,38). The summed E-state index contributed by atoms with van der Waals surface area (Å²) in [5.41, 5.74) is 0. The lowest BCUT2D eigenvalue weighted by molar-refractivity contribution is -0.123. The molecule has 0 heterocycles. The highest BCUT2D eigenvalue weighted by Crippen LogP contribution is 2.16. The second kappa shape index (κ2) is 30.9. The molecule has 0 aromatic carbocycles. The van der Waals surface area contributed by atoms with Crippen LogP contribution in [0.1, 0.15) is 194 Å². The van der Waals surface area contributed by atoms with Gasteiger partial charge in [-0.15, -0.1) is 0 Å². The first-order chi connectivity index (χ1) is 18.7. The van der Waals surface area contributed by atoms with Crippen molar-refractivity contribution in [3.05, 3.63) is 0 Å². The van der Waals surface area contributed by atoms with E-state index in [1.807, 2.05) is 0 Å². The van der Waals surface area contributed by atoms with E-state index in [9.17, 15) is 15.0 Å². The Morgan fingerprint density at radius 3 is 1.18 bits per heavy atom. The number of carbonyl (C=O) groups is 1. The number of aliphatic hydroxyl groups is 2. The third-order valence-electron chi connectivity index (χ3n) is 8.12. The summed E-state index contributed by atoms with van der Waals surface area (Å²) < 4.78 is 0. The van der Waals surface area contributed by atoms with Crippen molar-refractivity contribution in [2.45, 2.75) is 206 Å². The van der Waals surface area contributed by atoms with Gasteiger partial charge in [0.2, 0.25) is 5.91 Å². The van der Waals surface area contributed by atoms with Crippen molar-refractivity contribution in [2.24, 2.45) is 0 Å². The minimum atomic E-state index is -0.649. The van der Waals surface area contributed by atoms with Crippen molar-refractivity contribution < 1.29 is 15.0 Å². The SMILES string of the molecule is CCCCCCCCCCCCCCCCCCCCCC(O)C(CO)NC(=O)CCCCCCCCC. The molecule has 1 amide bonds. The maximum Gasteiger partial charge on any atom is 0.220 e. The molecule has 2 atom stereocenters. The van der Waals surface area contributed by atoms with Crippen molar-refractivity contribution in [3.8, 4) is 0 Å². The monoisotopic (exact) mass is 540 g/mol. The van der Waals surface area contributed by atoms with Crippen molar-refractivity contribution in [1.29, 1.82) is 0 Å². The van der Waals surface area contributed by atoms with Gasteiger partial charge in [-0.1, -0.05) is 174 Å². The molecule has 2 unspecified atom stereocenters. The lowest BCUT2D eigenvalue weighted by Crippen LogP contribution is -2.45. The van der Waals surface area contributed by atoms with Gasteiger partial charge in [0.1, 0.15) is 0 Å². The zero-order valence-corrected chi connectivity index (χ0v) is 26.0.